The van der Waals surface area contributed by atoms with E-state index in [1.807, 2.05) is 36.4 Å². The number of para-hydroxylation sites is 1. The van der Waals surface area contributed by atoms with Gasteiger partial charge >= 0.3 is 0 Å². The van der Waals surface area contributed by atoms with Crippen LogP contribution in [0.3, 0.4) is 0 Å². The zero-order valence-corrected chi connectivity index (χ0v) is 14.0. The van der Waals surface area contributed by atoms with Gasteiger partial charge in [-0.3, -0.25) is 4.79 Å². The van der Waals surface area contributed by atoms with E-state index in [4.69, 9.17) is 4.74 Å². The monoisotopic (exact) mass is 329 g/mol. The predicted molar refractivity (Wildman–Crippen MR) is 99.9 cm³/mol. The lowest BCUT2D eigenvalue weighted by atomic mass is 9.92. The van der Waals surface area contributed by atoms with Crippen molar-refractivity contribution >= 4 is 11.6 Å². The van der Waals surface area contributed by atoms with Gasteiger partial charge in [0.05, 0.1) is 13.0 Å². The van der Waals surface area contributed by atoms with Crippen molar-refractivity contribution in [2.24, 2.45) is 0 Å². The quantitative estimate of drug-likeness (QED) is 0.757. The van der Waals surface area contributed by atoms with Crippen LogP contribution in [0, 0.1) is 0 Å². The van der Waals surface area contributed by atoms with Crippen molar-refractivity contribution in [2.45, 2.75) is 12.3 Å². The first-order chi connectivity index (χ1) is 12.2. The molecule has 0 aliphatic carbocycles. The molecule has 3 nitrogen and oxygen atoms in total. The Morgan fingerprint density at radius 3 is 2.20 bits per heavy atom. The third-order valence-electron chi connectivity index (χ3n) is 4.73. The standard InChI is InChI=1S/C22H19NO2/c1-25-18-12-10-17(11-13-18)16-8-6-15(7-9-16)14-20-19-4-2-3-5-21(19)23-22(20)24/h2-13,20H,14H2,1H3,(H,23,24). The molecule has 1 aliphatic heterocycles. The molecule has 0 spiro atoms. The van der Waals surface area contributed by atoms with Crippen molar-refractivity contribution in [3.05, 3.63) is 83.9 Å². The second kappa shape index (κ2) is 6.44. The molecule has 0 radical (unpaired) electrons. The lowest BCUT2D eigenvalue weighted by molar-refractivity contribution is -0.117. The van der Waals surface area contributed by atoms with Gasteiger partial charge in [0.25, 0.3) is 0 Å². The highest BCUT2D eigenvalue weighted by molar-refractivity contribution is 6.03. The maximum absolute atomic E-state index is 12.3. The van der Waals surface area contributed by atoms with E-state index < -0.39 is 0 Å². The predicted octanol–water partition coefficient (Wildman–Crippen LogP) is 4.64. The molecule has 4 rings (SSSR count). The molecule has 124 valence electrons. The van der Waals surface area contributed by atoms with Gasteiger partial charge < -0.3 is 10.1 Å². The number of rotatable bonds is 4. The number of amides is 1. The number of carbonyl (C=O) groups excluding carboxylic acids is 1. The van der Waals surface area contributed by atoms with Crippen LogP contribution in [0.2, 0.25) is 0 Å². The molecular weight excluding hydrogens is 310 g/mol. The molecule has 3 heteroatoms. The molecule has 1 unspecified atom stereocenters. The van der Waals surface area contributed by atoms with Crippen molar-refractivity contribution in [3.63, 3.8) is 0 Å². The van der Waals surface area contributed by atoms with E-state index in [1.165, 1.54) is 0 Å². The number of nitrogens with one attached hydrogen (secondary N) is 1. The summed E-state index contributed by atoms with van der Waals surface area (Å²) in [5.74, 6) is 0.828. The van der Waals surface area contributed by atoms with Crippen LogP contribution in [0.15, 0.2) is 72.8 Å². The van der Waals surface area contributed by atoms with E-state index in [2.05, 4.69) is 41.7 Å². The minimum atomic E-state index is -0.108. The Balaban J connectivity index is 1.54. The molecule has 0 saturated heterocycles. The Bertz CT molecular complexity index is 898. The highest BCUT2D eigenvalue weighted by atomic mass is 16.5. The van der Waals surface area contributed by atoms with Gasteiger partial charge in [-0.25, -0.2) is 0 Å². The van der Waals surface area contributed by atoms with Crippen LogP contribution >= 0.6 is 0 Å². The molecule has 1 N–H and O–H groups in total. The van der Waals surface area contributed by atoms with Crippen molar-refractivity contribution in [2.75, 3.05) is 12.4 Å². The van der Waals surface area contributed by atoms with E-state index in [1.54, 1.807) is 7.11 Å². The maximum atomic E-state index is 12.3. The number of ether oxygens (including phenoxy) is 1. The summed E-state index contributed by atoms with van der Waals surface area (Å²) in [4.78, 5) is 12.3. The first kappa shape index (κ1) is 15.5. The molecular formula is C22H19NO2. The first-order valence-corrected chi connectivity index (χ1v) is 8.38. The topological polar surface area (TPSA) is 38.3 Å². The number of hydrogen-bond acceptors (Lipinski definition) is 2. The highest BCUT2D eigenvalue weighted by Crippen LogP contribution is 2.34. The number of carbonyl (C=O) groups is 1. The number of benzene rings is 3. The van der Waals surface area contributed by atoms with Gasteiger partial charge in [0.1, 0.15) is 5.75 Å². The van der Waals surface area contributed by atoms with Gasteiger partial charge in [0.15, 0.2) is 0 Å². The van der Waals surface area contributed by atoms with Gasteiger partial charge in [-0.1, -0.05) is 54.6 Å². The summed E-state index contributed by atoms with van der Waals surface area (Å²) in [5, 5.41) is 2.96. The lowest BCUT2D eigenvalue weighted by Gasteiger charge is -2.10. The first-order valence-electron chi connectivity index (χ1n) is 8.38. The zero-order chi connectivity index (χ0) is 17.2. The van der Waals surface area contributed by atoms with Gasteiger partial charge in [-0.2, -0.15) is 0 Å². The van der Waals surface area contributed by atoms with Crippen molar-refractivity contribution in [1.29, 1.82) is 0 Å². The normalized spacial score (nSPS) is 15.6. The Morgan fingerprint density at radius 2 is 1.52 bits per heavy atom. The second-order valence-electron chi connectivity index (χ2n) is 6.26. The maximum Gasteiger partial charge on any atom is 0.232 e. The molecule has 3 aromatic rings. The Labute approximate surface area is 147 Å². The van der Waals surface area contributed by atoms with Crippen LogP contribution in [0.4, 0.5) is 5.69 Å². The summed E-state index contributed by atoms with van der Waals surface area (Å²) in [6, 6.07) is 24.4. The van der Waals surface area contributed by atoms with Gasteiger partial charge in [-0.15, -0.1) is 0 Å². The molecule has 0 aromatic heterocycles. The largest absolute Gasteiger partial charge is 0.497 e. The van der Waals surface area contributed by atoms with Crippen LogP contribution in [-0.4, -0.2) is 13.0 Å². The van der Waals surface area contributed by atoms with Gasteiger partial charge in [0.2, 0.25) is 5.91 Å². The molecule has 1 amide bonds. The zero-order valence-electron chi connectivity index (χ0n) is 14.0. The Kier molecular flexibility index (Phi) is 3.98. The molecule has 3 aromatic carbocycles. The molecule has 0 fully saturated rings. The number of hydrogen-bond donors (Lipinski definition) is 1. The SMILES string of the molecule is COc1ccc(-c2ccc(CC3C(=O)Nc4ccccc43)cc2)cc1. The summed E-state index contributed by atoms with van der Waals surface area (Å²) in [5.41, 5.74) is 5.49. The minimum Gasteiger partial charge on any atom is -0.497 e. The van der Waals surface area contributed by atoms with Crippen LogP contribution < -0.4 is 10.1 Å². The van der Waals surface area contributed by atoms with Crippen molar-refractivity contribution < 1.29 is 9.53 Å². The fraction of sp³-hybridized carbons (Fsp3) is 0.136. The molecule has 25 heavy (non-hydrogen) atoms. The van der Waals surface area contributed by atoms with Crippen molar-refractivity contribution in [3.8, 4) is 16.9 Å². The van der Waals surface area contributed by atoms with E-state index in [0.29, 0.717) is 6.42 Å². The molecule has 0 saturated carbocycles. The van der Waals surface area contributed by atoms with Crippen LogP contribution in [0.5, 0.6) is 5.75 Å². The molecule has 1 heterocycles. The summed E-state index contributed by atoms with van der Waals surface area (Å²) in [7, 11) is 1.67. The number of methoxy groups -OCH3 is 1. The summed E-state index contributed by atoms with van der Waals surface area (Å²) in [6.45, 7) is 0. The molecule has 1 aliphatic rings. The average Bonchev–Trinajstić information content (AvgIpc) is 2.98. The van der Waals surface area contributed by atoms with Crippen molar-refractivity contribution in [1.82, 2.24) is 0 Å². The summed E-state index contributed by atoms with van der Waals surface area (Å²) in [6.07, 6.45) is 0.714. The van der Waals surface area contributed by atoms with Crippen LogP contribution in [0.1, 0.15) is 17.0 Å². The Hall–Kier alpha value is -3.07. The number of fused-ring (bicyclic) bond motifs is 1. The van der Waals surface area contributed by atoms with Gasteiger partial charge in [0, 0.05) is 5.69 Å². The van der Waals surface area contributed by atoms with E-state index in [9.17, 15) is 4.79 Å². The highest BCUT2D eigenvalue weighted by Gasteiger charge is 2.29. The summed E-state index contributed by atoms with van der Waals surface area (Å²) >= 11 is 0. The Morgan fingerprint density at radius 1 is 0.880 bits per heavy atom. The third-order valence-corrected chi connectivity index (χ3v) is 4.73. The van der Waals surface area contributed by atoms with Crippen LogP contribution in [-0.2, 0) is 11.2 Å². The van der Waals surface area contributed by atoms with E-state index >= 15 is 0 Å². The lowest BCUT2D eigenvalue weighted by Crippen LogP contribution is -2.14. The van der Waals surface area contributed by atoms with E-state index in [0.717, 1.165) is 33.7 Å². The minimum absolute atomic E-state index is 0.0837. The second-order valence-corrected chi connectivity index (χ2v) is 6.26. The molecule has 0 bridgehead atoms. The van der Waals surface area contributed by atoms with Gasteiger partial charge in [-0.05, 0) is 46.9 Å². The van der Waals surface area contributed by atoms with Crippen LogP contribution in [0.25, 0.3) is 11.1 Å². The average molecular weight is 329 g/mol. The fourth-order valence-electron chi connectivity index (χ4n) is 3.33. The van der Waals surface area contributed by atoms with E-state index in [-0.39, 0.29) is 11.8 Å². The number of anilines is 1. The molecule has 1 atom stereocenters. The third kappa shape index (κ3) is 3.01. The fourth-order valence-corrected chi connectivity index (χ4v) is 3.33. The smallest absolute Gasteiger partial charge is 0.232 e. The summed E-state index contributed by atoms with van der Waals surface area (Å²) < 4.78 is 5.20.